The minimum Gasteiger partial charge on any atom is -0.456 e. The molecular weight excluding hydrogens is 435 g/mol. The molecule has 1 aromatic carbocycles. The number of carbonyl (C=O) groups excluding carboxylic acids is 2. The molecule has 0 aliphatic carbocycles. The summed E-state index contributed by atoms with van der Waals surface area (Å²) in [5.74, 6) is -0.891. The lowest BCUT2D eigenvalue weighted by Crippen LogP contribution is -2.11. The lowest BCUT2D eigenvalue weighted by Gasteiger charge is -2.13. The van der Waals surface area contributed by atoms with Gasteiger partial charge in [0.1, 0.15) is 11.9 Å². The monoisotopic (exact) mass is 452 g/mol. The highest BCUT2D eigenvalue weighted by Gasteiger charge is 2.22. The molecule has 0 saturated heterocycles. The van der Waals surface area contributed by atoms with Crippen LogP contribution in [0.15, 0.2) is 29.8 Å². The summed E-state index contributed by atoms with van der Waals surface area (Å²) in [6, 6.07) is 4.24. The van der Waals surface area contributed by atoms with Gasteiger partial charge in [-0.15, -0.1) is 11.3 Å². The number of ketones is 1. The van der Waals surface area contributed by atoms with E-state index in [-0.39, 0.29) is 17.6 Å². The molecule has 0 spiro atoms. The third-order valence-corrected chi connectivity index (χ3v) is 5.51. The first kappa shape index (κ1) is 19.7. The first-order valence-electron chi connectivity index (χ1n) is 8.55. The zero-order chi connectivity index (χ0) is 19.4. The van der Waals surface area contributed by atoms with E-state index < -0.39 is 6.10 Å². The van der Waals surface area contributed by atoms with Gasteiger partial charge in [0.2, 0.25) is 5.78 Å². The van der Waals surface area contributed by atoms with Gasteiger partial charge in [-0.05, 0) is 31.0 Å². The Balaban J connectivity index is 1.79. The second-order valence-electron chi connectivity index (χ2n) is 5.98. The van der Waals surface area contributed by atoms with Gasteiger partial charge in [0.25, 0.3) is 0 Å². The van der Waals surface area contributed by atoms with E-state index in [0.29, 0.717) is 46.4 Å². The maximum absolute atomic E-state index is 13.3. The van der Waals surface area contributed by atoms with Gasteiger partial charge >= 0.3 is 5.97 Å². The molecule has 3 rings (SSSR count). The van der Waals surface area contributed by atoms with Crippen molar-refractivity contribution < 1.29 is 18.7 Å². The smallest absolute Gasteiger partial charge is 0.306 e. The second-order valence-corrected chi connectivity index (χ2v) is 7.63. The van der Waals surface area contributed by atoms with Gasteiger partial charge in [0, 0.05) is 34.2 Å². The largest absolute Gasteiger partial charge is 0.456 e. The van der Waals surface area contributed by atoms with Crippen LogP contribution in [0.1, 0.15) is 53.3 Å². The number of fused-ring (bicyclic) bond motifs is 1. The Labute approximate surface area is 168 Å². The number of H-pyrrole nitrogens is 1. The molecule has 3 aromatic rings. The summed E-state index contributed by atoms with van der Waals surface area (Å²) in [4.78, 5) is 32.0. The first-order chi connectivity index (χ1) is 13.0. The maximum atomic E-state index is 13.3. The topological polar surface area (TPSA) is 72.1 Å². The zero-order valence-corrected chi connectivity index (χ0v) is 17.0. The number of benzene rings is 1. The predicted octanol–water partition coefficient (Wildman–Crippen LogP) is 5.16. The number of ether oxygens (including phenoxy) is 1. The van der Waals surface area contributed by atoms with Gasteiger partial charge in [-0.3, -0.25) is 9.59 Å². The maximum Gasteiger partial charge on any atom is 0.306 e. The standard InChI is InChI=1S/C19H18BrFN2O3S/c1-2-16(26-17(24)4-3-7-20)15-10-27-19(23-15)18(25)13-9-22-14-8-11(21)5-6-12(13)14/h5-6,8-10,16,22H,2-4,7H2,1H3. The van der Waals surface area contributed by atoms with Crippen molar-refractivity contribution in [3.05, 3.63) is 51.9 Å². The number of halogens is 2. The van der Waals surface area contributed by atoms with Gasteiger partial charge in [-0.1, -0.05) is 22.9 Å². The van der Waals surface area contributed by atoms with Crippen LogP contribution in [0.4, 0.5) is 4.39 Å². The fourth-order valence-corrected chi connectivity index (χ4v) is 3.81. The van der Waals surface area contributed by atoms with Crippen molar-refractivity contribution in [1.82, 2.24) is 9.97 Å². The Hall–Kier alpha value is -2.06. The quantitative estimate of drug-likeness (QED) is 0.291. The molecule has 2 heterocycles. The minimum absolute atomic E-state index is 0.246. The van der Waals surface area contributed by atoms with Crippen LogP contribution in [0.3, 0.4) is 0 Å². The molecule has 0 fully saturated rings. The summed E-state index contributed by atoms with van der Waals surface area (Å²) in [5, 5.41) is 3.44. The molecule has 1 N–H and O–H groups in total. The van der Waals surface area contributed by atoms with E-state index in [0.717, 1.165) is 5.33 Å². The van der Waals surface area contributed by atoms with Crippen molar-refractivity contribution >= 4 is 49.9 Å². The van der Waals surface area contributed by atoms with Crippen LogP contribution in [0, 0.1) is 5.82 Å². The van der Waals surface area contributed by atoms with Gasteiger partial charge in [0.05, 0.1) is 11.3 Å². The van der Waals surface area contributed by atoms with Crippen LogP contribution in [0.25, 0.3) is 10.9 Å². The molecule has 142 valence electrons. The van der Waals surface area contributed by atoms with E-state index >= 15 is 0 Å². The number of carbonyl (C=O) groups is 2. The summed E-state index contributed by atoms with van der Waals surface area (Å²) >= 11 is 4.49. The van der Waals surface area contributed by atoms with Crippen molar-refractivity contribution in [3.8, 4) is 0 Å². The lowest BCUT2D eigenvalue weighted by molar-refractivity contribution is -0.149. The van der Waals surface area contributed by atoms with Crippen molar-refractivity contribution in [1.29, 1.82) is 0 Å². The molecule has 5 nitrogen and oxygen atoms in total. The summed E-state index contributed by atoms with van der Waals surface area (Å²) in [6.45, 7) is 1.90. The van der Waals surface area contributed by atoms with E-state index in [1.165, 1.54) is 23.5 Å². The Morgan fingerprint density at radius 2 is 2.22 bits per heavy atom. The number of esters is 1. The van der Waals surface area contributed by atoms with Gasteiger partial charge in [-0.25, -0.2) is 9.37 Å². The first-order valence-corrected chi connectivity index (χ1v) is 10.6. The van der Waals surface area contributed by atoms with Crippen LogP contribution < -0.4 is 0 Å². The third-order valence-electron chi connectivity index (χ3n) is 4.09. The fraction of sp³-hybridized carbons (Fsp3) is 0.316. The van der Waals surface area contributed by atoms with E-state index in [2.05, 4.69) is 25.9 Å². The SMILES string of the molecule is CCC(OC(=O)CCCBr)c1csc(C(=O)c2c[nH]c3cc(F)ccc23)n1. The molecule has 1 unspecified atom stereocenters. The number of hydrogen-bond acceptors (Lipinski definition) is 5. The van der Waals surface area contributed by atoms with E-state index in [4.69, 9.17) is 4.74 Å². The summed E-state index contributed by atoms with van der Waals surface area (Å²) < 4.78 is 18.8. The Kier molecular flexibility index (Phi) is 6.38. The number of nitrogens with one attached hydrogen (secondary N) is 1. The number of nitrogens with zero attached hydrogens (tertiary/aromatic N) is 1. The minimum atomic E-state index is -0.470. The van der Waals surface area contributed by atoms with Crippen LogP contribution in [-0.2, 0) is 9.53 Å². The van der Waals surface area contributed by atoms with Crippen LogP contribution in [-0.4, -0.2) is 27.1 Å². The molecule has 0 bridgehead atoms. The van der Waals surface area contributed by atoms with Gasteiger partial charge < -0.3 is 9.72 Å². The third kappa shape index (κ3) is 4.44. The number of aromatic amines is 1. The number of aromatic nitrogens is 2. The Morgan fingerprint density at radius 3 is 2.96 bits per heavy atom. The molecule has 0 radical (unpaired) electrons. The molecule has 8 heteroatoms. The summed E-state index contributed by atoms with van der Waals surface area (Å²) in [7, 11) is 0. The average Bonchev–Trinajstić information content (AvgIpc) is 3.30. The zero-order valence-electron chi connectivity index (χ0n) is 14.6. The van der Waals surface area contributed by atoms with E-state index in [1.807, 2.05) is 6.92 Å². The average molecular weight is 453 g/mol. The van der Waals surface area contributed by atoms with Crippen molar-refractivity contribution in [2.24, 2.45) is 0 Å². The van der Waals surface area contributed by atoms with Crippen molar-refractivity contribution in [2.45, 2.75) is 32.3 Å². The molecule has 0 aliphatic rings. The van der Waals surface area contributed by atoms with Crippen LogP contribution in [0.5, 0.6) is 0 Å². The lowest BCUT2D eigenvalue weighted by atomic mass is 10.1. The normalized spacial score (nSPS) is 12.3. The predicted molar refractivity (Wildman–Crippen MR) is 106 cm³/mol. The van der Waals surface area contributed by atoms with Gasteiger partial charge in [0.15, 0.2) is 5.01 Å². The Morgan fingerprint density at radius 1 is 1.41 bits per heavy atom. The molecule has 1 atom stereocenters. The molecule has 2 aromatic heterocycles. The van der Waals surface area contributed by atoms with Crippen LogP contribution in [0.2, 0.25) is 0 Å². The molecule has 0 aliphatic heterocycles. The van der Waals surface area contributed by atoms with Crippen LogP contribution >= 0.6 is 27.3 Å². The summed E-state index contributed by atoms with van der Waals surface area (Å²) in [6.07, 6.45) is 2.71. The van der Waals surface area contributed by atoms with Crippen molar-refractivity contribution in [2.75, 3.05) is 5.33 Å². The molecule has 0 saturated carbocycles. The second kappa shape index (κ2) is 8.75. The molecule has 27 heavy (non-hydrogen) atoms. The highest BCUT2D eigenvalue weighted by Crippen LogP contribution is 2.27. The molecular formula is C19H18BrFN2O3S. The number of hydrogen-bond donors (Lipinski definition) is 1. The highest BCUT2D eigenvalue weighted by atomic mass is 79.9. The Bertz CT molecular complexity index is 969. The number of rotatable bonds is 8. The van der Waals surface area contributed by atoms with E-state index in [1.54, 1.807) is 17.6 Å². The fourth-order valence-electron chi connectivity index (χ4n) is 2.72. The summed E-state index contributed by atoms with van der Waals surface area (Å²) in [5.41, 5.74) is 1.57. The van der Waals surface area contributed by atoms with Gasteiger partial charge in [-0.2, -0.15) is 0 Å². The molecule has 0 amide bonds. The highest BCUT2D eigenvalue weighted by molar-refractivity contribution is 9.09. The number of thiazole rings is 1. The van der Waals surface area contributed by atoms with E-state index in [9.17, 15) is 14.0 Å². The van der Waals surface area contributed by atoms with Crippen molar-refractivity contribution in [3.63, 3.8) is 0 Å². The number of alkyl halides is 1.